The predicted octanol–water partition coefficient (Wildman–Crippen LogP) is 5.02. The fraction of sp³-hybridized carbons (Fsp3) is 0.136. The summed E-state index contributed by atoms with van der Waals surface area (Å²) < 4.78 is 18.5. The van der Waals surface area contributed by atoms with Crippen LogP contribution in [0.1, 0.15) is 18.5 Å². The average Bonchev–Trinajstić information content (AvgIpc) is 2.70. The van der Waals surface area contributed by atoms with Crippen LogP contribution >= 0.6 is 0 Å². The number of ether oxygens (including phenoxy) is 1. The smallest absolute Gasteiger partial charge is 0.251 e. The number of anilines is 2. The Balaban J connectivity index is 1.80. The summed E-state index contributed by atoms with van der Waals surface area (Å²) in [5, 5.41) is 6.08. The summed E-state index contributed by atoms with van der Waals surface area (Å²) in [4.78, 5) is 12.9. The SMILES string of the molecule is CCOc1ccc(N[C@@H](C(=O)Nc2ccc(F)cc2)c2ccccc2)cc1. The molecule has 1 atom stereocenters. The van der Waals surface area contributed by atoms with Gasteiger partial charge in [-0.25, -0.2) is 4.39 Å². The second kappa shape index (κ2) is 8.85. The van der Waals surface area contributed by atoms with Crippen LogP contribution in [0.5, 0.6) is 5.75 Å². The standard InChI is InChI=1S/C22H21FN2O2/c1-2-27-20-14-12-18(13-15-20)24-21(16-6-4-3-5-7-16)22(26)25-19-10-8-17(23)9-11-19/h3-15,21,24H,2H2,1H3,(H,25,26)/t21-/m1/s1. The molecule has 0 radical (unpaired) electrons. The van der Waals surface area contributed by atoms with Gasteiger partial charge in [-0.2, -0.15) is 0 Å². The van der Waals surface area contributed by atoms with Crippen LogP contribution in [0.25, 0.3) is 0 Å². The Hall–Kier alpha value is -3.34. The van der Waals surface area contributed by atoms with Crippen LogP contribution in [-0.2, 0) is 4.79 Å². The fourth-order valence-corrected chi connectivity index (χ4v) is 2.67. The summed E-state index contributed by atoms with van der Waals surface area (Å²) in [6, 6.07) is 22.0. The van der Waals surface area contributed by atoms with Crippen molar-refractivity contribution in [3.05, 3.63) is 90.2 Å². The van der Waals surface area contributed by atoms with Gasteiger partial charge in [-0.05, 0) is 61.0 Å². The summed E-state index contributed by atoms with van der Waals surface area (Å²) in [7, 11) is 0. The molecule has 3 aromatic carbocycles. The molecular weight excluding hydrogens is 343 g/mol. The lowest BCUT2D eigenvalue weighted by molar-refractivity contribution is -0.117. The fourth-order valence-electron chi connectivity index (χ4n) is 2.67. The first-order valence-corrected chi connectivity index (χ1v) is 8.76. The first-order valence-electron chi connectivity index (χ1n) is 8.76. The Morgan fingerprint density at radius 1 is 0.926 bits per heavy atom. The van der Waals surface area contributed by atoms with Crippen molar-refractivity contribution in [2.75, 3.05) is 17.2 Å². The maximum absolute atomic E-state index is 13.1. The molecule has 0 aliphatic carbocycles. The molecule has 0 aliphatic heterocycles. The van der Waals surface area contributed by atoms with E-state index in [4.69, 9.17) is 4.74 Å². The maximum Gasteiger partial charge on any atom is 0.251 e. The van der Waals surface area contributed by atoms with E-state index in [0.29, 0.717) is 12.3 Å². The molecule has 0 spiro atoms. The van der Waals surface area contributed by atoms with Gasteiger partial charge in [0.25, 0.3) is 5.91 Å². The summed E-state index contributed by atoms with van der Waals surface area (Å²) in [5.41, 5.74) is 2.16. The van der Waals surface area contributed by atoms with E-state index in [9.17, 15) is 9.18 Å². The highest BCUT2D eigenvalue weighted by atomic mass is 19.1. The molecule has 0 aromatic heterocycles. The molecule has 0 aliphatic rings. The molecule has 0 bridgehead atoms. The number of nitrogens with one attached hydrogen (secondary N) is 2. The Kier molecular flexibility index (Phi) is 6.05. The number of amides is 1. The maximum atomic E-state index is 13.1. The Labute approximate surface area is 158 Å². The second-order valence-corrected chi connectivity index (χ2v) is 5.94. The molecule has 5 heteroatoms. The molecule has 0 heterocycles. The van der Waals surface area contributed by atoms with E-state index >= 15 is 0 Å². The number of hydrogen-bond donors (Lipinski definition) is 2. The van der Waals surface area contributed by atoms with Crippen LogP contribution in [0.15, 0.2) is 78.9 Å². The Morgan fingerprint density at radius 2 is 1.56 bits per heavy atom. The summed E-state index contributed by atoms with van der Waals surface area (Å²) >= 11 is 0. The van der Waals surface area contributed by atoms with Gasteiger partial charge in [-0.3, -0.25) is 4.79 Å². The van der Waals surface area contributed by atoms with Gasteiger partial charge in [0.1, 0.15) is 17.6 Å². The van der Waals surface area contributed by atoms with Gasteiger partial charge in [0, 0.05) is 11.4 Å². The Bertz CT molecular complexity index is 865. The van der Waals surface area contributed by atoms with Crippen molar-refractivity contribution in [1.29, 1.82) is 0 Å². The van der Waals surface area contributed by atoms with Crippen molar-refractivity contribution in [3.8, 4) is 5.75 Å². The monoisotopic (exact) mass is 364 g/mol. The van der Waals surface area contributed by atoms with E-state index < -0.39 is 6.04 Å². The van der Waals surface area contributed by atoms with E-state index in [2.05, 4.69) is 10.6 Å². The first kappa shape index (κ1) is 18.5. The largest absolute Gasteiger partial charge is 0.494 e. The Morgan fingerprint density at radius 3 is 2.19 bits per heavy atom. The van der Waals surface area contributed by atoms with E-state index in [1.807, 2.05) is 61.5 Å². The van der Waals surface area contributed by atoms with Gasteiger partial charge in [0.05, 0.1) is 6.61 Å². The van der Waals surface area contributed by atoms with Gasteiger partial charge < -0.3 is 15.4 Å². The van der Waals surface area contributed by atoms with Gasteiger partial charge in [0.15, 0.2) is 0 Å². The highest BCUT2D eigenvalue weighted by Gasteiger charge is 2.20. The first-order chi connectivity index (χ1) is 13.2. The zero-order valence-corrected chi connectivity index (χ0v) is 15.0. The molecular formula is C22H21FN2O2. The van der Waals surface area contributed by atoms with Crippen molar-refractivity contribution in [2.24, 2.45) is 0 Å². The molecule has 0 fully saturated rings. The minimum Gasteiger partial charge on any atom is -0.494 e. The summed E-state index contributed by atoms with van der Waals surface area (Å²) in [6.07, 6.45) is 0. The van der Waals surface area contributed by atoms with E-state index in [1.165, 1.54) is 24.3 Å². The van der Waals surface area contributed by atoms with Crippen LogP contribution in [0.3, 0.4) is 0 Å². The molecule has 4 nitrogen and oxygen atoms in total. The average molecular weight is 364 g/mol. The number of halogens is 1. The molecule has 0 unspecified atom stereocenters. The normalized spacial score (nSPS) is 11.5. The highest BCUT2D eigenvalue weighted by molar-refractivity contribution is 5.97. The molecule has 3 aromatic rings. The van der Waals surface area contributed by atoms with Crippen LogP contribution in [0, 0.1) is 5.82 Å². The summed E-state index contributed by atoms with van der Waals surface area (Å²) in [6.45, 7) is 2.52. The minimum atomic E-state index is -0.603. The summed E-state index contributed by atoms with van der Waals surface area (Å²) in [5.74, 6) is 0.192. The minimum absolute atomic E-state index is 0.235. The van der Waals surface area contributed by atoms with Crippen LogP contribution < -0.4 is 15.4 Å². The molecule has 0 saturated heterocycles. The number of carbonyl (C=O) groups excluding carboxylic acids is 1. The van der Waals surface area contributed by atoms with Crippen LogP contribution in [-0.4, -0.2) is 12.5 Å². The zero-order valence-electron chi connectivity index (χ0n) is 15.0. The van der Waals surface area contributed by atoms with Crippen LogP contribution in [0.2, 0.25) is 0 Å². The number of benzene rings is 3. The van der Waals surface area contributed by atoms with Gasteiger partial charge in [0.2, 0.25) is 0 Å². The van der Waals surface area contributed by atoms with Crippen molar-refractivity contribution >= 4 is 17.3 Å². The third-order valence-electron chi connectivity index (χ3n) is 3.98. The van der Waals surface area contributed by atoms with Crippen molar-refractivity contribution in [1.82, 2.24) is 0 Å². The van der Waals surface area contributed by atoms with Crippen LogP contribution in [0.4, 0.5) is 15.8 Å². The second-order valence-electron chi connectivity index (χ2n) is 5.94. The van der Waals surface area contributed by atoms with E-state index in [0.717, 1.165) is 17.0 Å². The lowest BCUT2D eigenvalue weighted by atomic mass is 10.1. The third kappa shape index (κ3) is 5.07. The molecule has 3 rings (SSSR count). The van der Waals surface area contributed by atoms with Gasteiger partial charge >= 0.3 is 0 Å². The predicted molar refractivity (Wildman–Crippen MR) is 105 cm³/mol. The quantitative estimate of drug-likeness (QED) is 0.619. The molecule has 2 N–H and O–H groups in total. The van der Waals surface area contributed by atoms with Gasteiger partial charge in [-0.1, -0.05) is 30.3 Å². The van der Waals surface area contributed by atoms with Crippen molar-refractivity contribution in [2.45, 2.75) is 13.0 Å². The molecule has 138 valence electrons. The van der Waals surface area contributed by atoms with Gasteiger partial charge in [-0.15, -0.1) is 0 Å². The van der Waals surface area contributed by atoms with E-state index in [1.54, 1.807) is 0 Å². The molecule has 1 amide bonds. The number of hydrogen-bond acceptors (Lipinski definition) is 3. The number of carbonyl (C=O) groups is 1. The number of rotatable bonds is 7. The highest BCUT2D eigenvalue weighted by Crippen LogP contribution is 2.23. The van der Waals surface area contributed by atoms with Crippen molar-refractivity contribution in [3.63, 3.8) is 0 Å². The molecule has 0 saturated carbocycles. The lowest BCUT2D eigenvalue weighted by Gasteiger charge is -2.20. The van der Waals surface area contributed by atoms with E-state index in [-0.39, 0.29) is 11.7 Å². The topological polar surface area (TPSA) is 50.4 Å². The zero-order chi connectivity index (χ0) is 19.1. The lowest BCUT2D eigenvalue weighted by Crippen LogP contribution is -2.27. The third-order valence-corrected chi connectivity index (χ3v) is 3.98. The molecule has 27 heavy (non-hydrogen) atoms. The van der Waals surface area contributed by atoms with Crippen molar-refractivity contribution < 1.29 is 13.9 Å².